The second-order valence-corrected chi connectivity index (χ2v) is 16.0. The van der Waals surface area contributed by atoms with E-state index in [1.165, 1.54) is 55.3 Å². The number of ether oxygens (including phenoxy) is 3. The second kappa shape index (κ2) is 23.1. The van der Waals surface area contributed by atoms with Gasteiger partial charge in [0, 0.05) is 81.2 Å². The van der Waals surface area contributed by atoms with Crippen molar-refractivity contribution in [1.82, 2.24) is 34.9 Å². The summed E-state index contributed by atoms with van der Waals surface area (Å²) in [5.74, 6) is 2.90. The van der Waals surface area contributed by atoms with E-state index >= 15 is 0 Å². The van der Waals surface area contributed by atoms with Gasteiger partial charge in [0.2, 0.25) is 10.6 Å². The van der Waals surface area contributed by atoms with Crippen molar-refractivity contribution in [1.29, 1.82) is 0 Å². The van der Waals surface area contributed by atoms with E-state index in [1.54, 1.807) is 6.20 Å². The zero-order valence-electron chi connectivity index (χ0n) is 33.3. The van der Waals surface area contributed by atoms with Crippen LogP contribution in [0.4, 0.5) is 11.6 Å². The lowest BCUT2D eigenvalue weighted by atomic mass is 10.2. The Morgan fingerprint density at radius 2 is 0.983 bits per heavy atom. The van der Waals surface area contributed by atoms with Crippen LogP contribution in [0.1, 0.15) is 91.6 Å². The molecule has 4 aromatic rings. The molecule has 4 aromatic heterocycles. The number of hydrogen-bond donors (Lipinski definition) is 0. The van der Waals surface area contributed by atoms with Gasteiger partial charge in [0.25, 0.3) is 0 Å². The van der Waals surface area contributed by atoms with Crippen LogP contribution in [0.15, 0.2) is 24.4 Å². The molecule has 3 fully saturated rings. The molecule has 3 aliphatic heterocycles. The summed E-state index contributed by atoms with van der Waals surface area (Å²) in [4.78, 5) is 35.4. The summed E-state index contributed by atoms with van der Waals surface area (Å²) in [5, 5.41) is 1.17. The van der Waals surface area contributed by atoms with Crippen LogP contribution in [0, 0.1) is 0 Å². The van der Waals surface area contributed by atoms with Gasteiger partial charge in [-0.25, -0.2) is 29.9 Å². The fourth-order valence-corrected chi connectivity index (χ4v) is 8.76. The maximum atomic E-state index is 6.01. The van der Waals surface area contributed by atoms with Crippen molar-refractivity contribution in [2.75, 3.05) is 75.6 Å². The molecule has 0 bridgehead atoms. The number of pyridine rings is 1. The smallest absolute Gasteiger partial charge is 0.224 e. The van der Waals surface area contributed by atoms with Crippen molar-refractivity contribution < 1.29 is 14.2 Å². The molecule has 6 aliphatic rings. The Balaban J connectivity index is 0.000000140. The Morgan fingerprint density at radius 1 is 0.466 bits per heavy atom. The van der Waals surface area contributed by atoms with Gasteiger partial charge in [-0.2, -0.15) is 0 Å². The Bertz CT molecular complexity index is 1880. The van der Waals surface area contributed by atoms with Crippen molar-refractivity contribution in [3.05, 3.63) is 73.9 Å². The zero-order chi connectivity index (χ0) is 39.2. The third-order valence-electron chi connectivity index (χ3n) is 10.9. The molecule has 0 atom stereocenters. The van der Waals surface area contributed by atoms with Crippen LogP contribution in [-0.2, 0) is 52.7 Å². The lowest BCUT2D eigenvalue weighted by Crippen LogP contribution is -2.28. The fraction of sp³-hybridized carbons (Fsp3) is 0.595. The normalized spacial score (nSPS) is 18.5. The lowest BCUT2D eigenvalue weighted by molar-refractivity contribution is 0.144. The minimum Gasteiger partial charge on any atom is -0.381 e. The highest BCUT2D eigenvalue weighted by Gasteiger charge is 2.25. The summed E-state index contributed by atoms with van der Waals surface area (Å²) in [5.41, 5.74) is 7.94. The number of anilines is 2. The highest BCUT2D eigenvalue weighted by molar-refractivity contribution is 6.32. The van der Waals surface area contributed by atoms with Gasteiger partial charge in [-0.15, -0.1) is 12.4 Å². The van der Waals surface area contributed by atoms with Gasteiger partial charge in [0.1, 0.15) is 22.5 Å². The van der Waals surface area contributed by atoms with Crippen molar-refractivity contribution in [3.8, 4) is 11.5 Å². The van der Waals surface area contributed by atoms with Crippen LogP contribution < -0.4 is 9.80 Å². The van der Waals surface area contributed by atoms with Gasteiger partial charge in [-0.3, -0.25) is 4.98 Å². The number of halogens is 4. The maximum Gasteiger partial charge on any atom is 0.224 e. The molecule has 10 rings (SSSR count). The van der Waals surface area contributed by atoms with E-state index in [2.05, 4.69) is 34.7 Å². The first kappa shape index (κ1) is 44.6. The van der Waals surface area contributed by atoms with E-state index in [1.807, 2.05) is 18.2 Å². The average molecular weight is 876 g/mol. The largest absolute Gasteiger partial charge is 0.381 e. The molecule has 0 radical (unpaired) electrons. The molecular weight excluding hydrogens is 820 g/mol. The summed E-state index contributed by atoms with van der Waals surface area (Å²) < 4.78 is 16.3. The summed E-state index contributed by atoms with van der Waals surface area (Å²) in [7, 11) is 0. The number of hydrogen-bond acceptors (Lipinski definition) is 12. The van der Waals surface area contributed by atoms with E-state index < -0.39 is 0 Å². The number of rotatable bonds is 3. The highest BCUT2D eigenvalue weighted by Crippen LogP contribution is 2.32. The van der Waals surface area contributed by atoms with Crippen LogP contribution in [0.2, 0.25) is 15.7 Å². The molecule has 314 valence electrons. The Hall–Kier alpha value is -2.97. The standard InChI is InChI=1S/C17H20N4O.C12H16ClN3O.C7H6Cl2N2.C6H12O.ClH/c1-2-8-18-15(6-1)16-19-14-7-3-5-13(14)17(20-16)21-9-4-11-22-12-10-21;13-12-14-10-4-1-3-9(10)11(15-12)16-5-2-7-17-8-6-16;8-6-4-2-1-3-5(4)10-7(9)11-6;1-2-4-6-7-5-3-1;/h1-2,6,8H,3-5,7,9-12H2;1-8H2;1-3H2;1-6H2;1H. The molecule has 3 aliphatic carbocycles. The fourth-order valence-electron chi connectivity index (χ4n) is 8.07. The summed E-state index contributed by atoms with van der Waals surface area (Å²) >= 11 is 17.5. The molecule has 0 amide bonds. The first-order valence-electron chi connectivity index (χ1n) is 20.8. The van der Waals surface area contributed by atoms with E-state index in [0.717, 1.165) is 164 Å². The minimum atomic E-state index is 0. The molecule has 0 spiro atoms. The Kier molecular flexibility index (Phi) is 17.8. The molecule has 7 heterocycles. The van der Waals surface area contributed by atoms with Gasteiger partial charge in [0.05, 0.1) is 24.6 Å². The predicted molar refractivity (Wildman–Crippen MR) is 232 cm³/mol. The Labute approximate surface area is 363 Å². The number of aromatic nitrogens is 7. The molecule has 16 heteroatoms. The van der Waals surface area contributed by atoms with Gasteiger partial charge in [-0.1, -0.05) is 30.5 Å². The van der Waals surface area contributed by atoms with Crippen molar-refractivity contribution in [3.63, 3.8) is 0 Å². The van der Waals surface area contributed by atoms with Crippen LogP contribution in [0.3, 0.4) is 0 Å². The summed E-state index contributed by atoms with van der Waals surface area (Å²) in [6.45, 7) is 9.05. The monoisotopic (exact) mass is 873 g/mol. The van der Waals surface area contributed by atoms with Gasteiger partial charge < -0.3 is 24.0 Å². The van der Waals surface area contributed by atoms with Crippen LogP contribution in [-0.4, -0.2) is 101 Å². The molecule has 0 unspecified atom stereocenters. The van der Waals surface area contributed by atoms with E-state index in [4.69, 9.17) is 59.0 Å². The minimum absolute atomic E-state index is 0. The first-order chi connectivity index (χ1) is 28.0. The number of aryl methyl sites for hydroxylation is 3. The predicted octanol–water partition coefficient (Wildman–Crippen LogP) is 8.37. The number of nitrogens with zero attached hydrogens (tertiary/aromatic N) is 9. The molecule has 12 nitrogen and oxygen atoms in total. The quantitative estimate of drug-likeness (QED) is 0.145. The molecule has 3 saturated heterocycles. The van der Waals surface area contributed by atoms with Crippen LogP contribution in [0.5, 0.6) is 0 Å². The van der Waals surface area contributed by atoms with Crippen LogP contribution >= 0.6 is 47.2 Å². The topological polar surface area (TPSA) is 124 Å². The SMILES string of the molecule is C1CCCOCC1.Cl.Clc1nc(Cl)c2c(n1)CCC2.Clc1nc2c(c(N3CCCOCC3)n1)CCC2.c1ccc(-c2nc3c(c(N4CCCOCC4)n2)CCC3)nc1. The second-order valence-electron chi connectivity index (χ2n) is 15.0. The van der Waals surface area contributed by atoms with Gasteiger partial charge >= 0.3 is 0 Å². The molecule has 0 saturated carbocycles. The van der Waals surface area contributed by atoms with E-state index in [-0.39, 0.29) is 17.7 Å². The molecular formula is C42H55Cl4N9O3. The third-order valence-corrected chi connectivity index (χ3v) is 11.6. The summed E-state index contributed by atoms with van der Waals surface area (Å²) in [6, 6.07) is 5.88. The lowest BCUT2D eigenvalue weighted by Gasteiger charge is -2.23. The third kappa shape index (κ3) is 12.3. The molecule has 58 heavy (non-hydrogen) atoms. The Morgan fingerprint density at radius 3 is 1.59 bits per heavy atom. The highest BCUT2D eigenvalue weighted by atomic mass is 35.5. The molecule has 0 N–H and O–H groups in total. The van der Waals surface area contributed by atoms with Gasteiger partial charge in [-0.05, 0) is 119 Å². The van der Waals surface area contributed by atoms with Gasteiger partial charge in [0.15, 0.2) is 5.82 Å². The van der Waals surface area contributed by atoms with Crippen molar-refractivity contribution in [2.24, 2.45) is 0 Å². The zero-order valence-corrected chi connectivity index (χ0v) is 36.4. The molecule has 0 aromatic carbocycles. The first-order valence-corrected chi connectivity index (χ1v) is 22.0. The average Bonchev–Trinajstić information content (AvgIpc) is 3.81. The van der Waals surface area contributed by atoms with Crippen molar-refractivity contribution in [2.45, 2.75) is 96.3 Å². The van der Waals surface area contributed by atoms with Crippen LogP contribution in [0.25, 0.3) is 11.5 Å². The maximum absolute atomic E-state index is 6.01. The van der Waals surface area contributed by atoms with E-state index in [0.29, 0.717) is 10.4 Å². The summed E-state index contributed by atoms with van der Waals surface area (Å²) in [6.07, 6.45) is 18.9. The number of fused-ring (bicyclic) bond motifs is 3. The van der Waals surface area contributed by atoms with E-state index in [9.17, 15) is 0 Å². The van der Waals surface area contributed by atoms with Crippen molar-refractivity contribution >= 4 is 58.8 Å².